The van der Waals surface area contributed by atoms with Crippen molar-refractivity contribution in [2.45, 2.75) is 56.9 Å². The van der Waals surface area contributed by atoms with Crippen LogP contribution in [0.15, 0.2) is 48.5 Å². The summed E-state index contributed by atoms with van der Waals surface area (Å²) in [6.07, 6.45) is 8.78. The van der Waals surface area contributed by atoms with Crippen LogP contribution in [0.25, 0.3) is 0 Å². The monoisotopic (exact) mass is 388 g/mol. The van der Waals surface area contributed by atoms with Crippen molar-refractivity contribution in [2.75, 3.05) is 26.2 Å². The number of nitrogens with zero attached hydrogens (tertiary/aromatic N) is 2. The molecule has 2 aromatic rings. The van der Waals surface area contributed by atoms with E-state index in [9.17, 15) is 4.79 Å². The van der Waals surface area contributed by atoms with E-state index < -0.39 is 0 Å². The molecule has 152 valence electrons. The Morgan fingerprint density at radius 3 is 2.21 bits per heavy atom. The first-order valence-electron chi connectivity index (χ1n) is 11.5. The summed E-state index contributed by atoms with van der Waals surface area (Å²) in [7, 11) is 0. The molecule has 3 nitrogen and oxygen atoms in total. The average molecular weight is 389 g/mol. The summed E-state index contributed by atoms with van der Waals surface area (Å²) in [4.78, 5) is 17.5. The lowest BCUT2D eigenvalue weighted by Gasteiger charge is -2.36. The van der Waals surface area contributed by atoms with Gasteiger partial charge in [-0.05, 0) is 73.3 Å². The quantitative estimate of drug-likeness (QED) is 0.763. The second-order valence-electron chi connectivity index (χ2n) is 9.08. The SMILES string of the molecule is O=C(c1ccccc1)N1CCC(c2ccc3c(c2)CCN(C2CCC2)CC3)CC1. The number of amides is 1. The highest BCUT2D eigenvalue weighted by Gasteiger charge is 2.28. The number of fused-ring (bicyclic) bond motifs is 1. The molecule has 0 spiro atoms. The maximum absolute atomic E-state index is 12.7. The van der Waals surface area contributed by atoms with Gasteiger partial charge in [0, 0.05) is 37.8 Å². The molecule has 0 radical (unpaired) electrons. The van der Waals surface area contributed by atoms with Crippen LogP contribution in [0.2, 0.25) is 0 Å². The van der Waals surface area contributed by atoms with E-state index in [0.29, 0.717) is 5.92 Å². The second-order valence-corrected chi connectivity index (χ2v) is 9.08. The van der Waals surface area contributed by atoms with E-state index in [2.05, 4.69) is 23.1 Å². The number of hydrogen-bond donors (Lipinski definition) is 0. The highest BCUT2D eigenvalue weighted by molar-refractivity contribution is 5.94. The molecule has 3 heteroatoms. The normalized spacial score (nSPS) is 21.3. The molecule has 1 saturated carbocycles. The first-order chi connectivity index (χ1) is 14.3. The molecule has 2 fully saturated rings. The largest absolute Gasteiger partial charge is 0.339 e. The molecular weight excluding hydrogens is 356 g/mol. The lowest BCUT2D eigenvalue weighted by molar-refractivity contribution is 0.0713. The third-order valence-electron chi connectivity index (χ3n) is 7.43. The number of rotatable bonds is 3. The third kappa shape index (κ3) is 3.98. The molecule has 2 aliphatic heterocycles. The highest BCUT2D eigenvalue weighted by Crippen LogP contribution is 2.32. The van der Waals surface area contributed by atoms with Crippen LogP contribution >= 0.6 is 0 Å². The fourth-order valence-corrected chi connectivity index (χ4v) is 5.31. The van der Waals surface area contributed by atoms with Crippen molar-refractivity contribution < 1.29 is 4.79 Å². The van der Waals surface area contributed by atoms with Gasteiger partial charge in [0.05, 0.1) is 0 Å². The van der Waals surface area contributed by atoms with E-state index in [1.807, 2.05) is 35.2 Å². The maximum atomic E-state index is 12.7. The Morgan fingerprint density at radius 1 is 0.793 bits per heavy atom. The molecule has 5 rings (SSSR count). The van der Waals surface area contributed by atoms with Crippen LogP contribution in [-0.2, 0) is 12.8 Å². The van der Waals surface area contributed by atoms with Crippen LogP contribution in [0.1, 0.15) is 65.1 Å². The van der Waals surface area contributed by atoms with Gasteiger partial charge in [-0.1, -0.05) is 42.8 Å². The highest BCUT2D eigenvalue weighted by atomic mass is 16.2. The Morgan fingerprint density at radius 2 is 1.52 bits per heavy atom. The molecule has 29 heavy (non-hydrogen) atoms. The molecule has 0 N–H and O–H groups in total. The summed E-state index contributed by atoms with van der Waals surface area (Å²) in [5.41, 5.74) is 5.44. The van der Waals surface area contributed by atoms with Gasteiger partial charge in [0.15, 0.2) is 0 Å². The Balaban J connectivity index is 1.22. The van der Waals surface area contributed by atoms with Crippen LogP contribution in [0, 0.1) is 0 Å². The zero-order chi connectivity index (χ0) is 19.6. The van der Waals surface area contributed by atoms with Crippen molar-refractivity contribution in [1.82, 2.24) is 9.80 Å². The standard InChI is InChI=1S/C26H32N2O/c29-26(22-5-2-1-3-6-22)28-17-12-21(13-18-28)23-10-9-20-11-15-27(25-7-4-8-25)16-14-24(20)19-23/h1-3,5-6,9-10,19,21,25H,4,7-8,11-18H2. The minimum absolute atomic E-state index is 0.182. The van der Waals surface area contributed by atoms with E-state index in [0.717, 1.165) is 37.5 Å². The molecule has 2 heterocycles. The van der Waals surface area contributed by atoms with Crippen LogP contribution < -0.4 is 0 Å². The number of carbonyl (C=O) groups excluding carboxylic acids is 1. The van der Waals surface area contributed by atoms with Crippen molar-refractivity contribution >= 4 is 5.91 Å². The molecule has 3 aliphatic rings. The Labute approximate surface area is 174 Å². The Kier molecular flexibility index (Phi) is 5.41. The van der Waals surface area contributed by atoms with Crippen LogP contribution in [-0.4, -0.2) is 47.9 Å². The average Bonchev–Trinajstić information content (AvgIpc) is 2.95. The van der Waals surface area contributed by atoms with Crippen molar-refractivity contribution in [1.29, 1.82) is 0 Å². The maximum Gasteiger partial charge on any atom is 0.253 e. The molecule has 0 atom stereocenters. The van der Waals surface area contributed by atoms with Crippen molar-refractivity contribution in [2.24, 2.45) is 0 Å². The van der Waals surface area contributed by atoms with E-state index in [1.165, 1.54) is 50.8 Å². The summed E-state index contributed by atoms with van der Waals surface area (Å²) >= 11 is 0. The van der Waals surface area contributed by atoms with Gasteiger partial charge in [-0.3, -0.25) is 9.69 Å². The number of hydrogen-bond acceptors (Lipinski definition) is 2. The minimum Gasteiger partial charge on any atom is -0.339 e. The summed E-state index contributed by atoms with van der Waals surface area (Å²) in [5.74, 6) is 0.771. The summed E-state index contributed by atoms with van der Waals surface area (Å²) in [6.45, 7) is 4.19. The Hall–Kier alpha value is -2.13. The first kappa shape index (κ1) is 18.9. The number of piperidine rings is 1. The fourth-order valence-electron chi connectivity index (χ4n) is 5.31. The second kappa shape index (κ2) is 8.31. The molecule has 0 unspecified atom stereocenters. The summed E-state index contributed by atoms with van der Waals surface area (Å²) in [6, 6.07) is 17.8. The summed E-state index contributed by atoms with van der Waals surface area (Å²) < 4.78 is 0. The van der Waals surface area contributed by atoms with Gasteiger partial charge in [0.25, 0.3) is 5.91 Å². The van der Waals surface area contributed by atoms with Crippen molar-refractivity contribution in [3.05, 3.63) is 70.8 Å². The number of likely N-dealkylation sites (tertiary alicyclic amines) is 1. The number of benzene rings is 2. The van der Waals surface area contributed by atoms with Gasteiger partial charge in [0.1, 0.15) is 0 Å². The lowest BCUT2D eigenvalue weighted by atomic mass is 9.86. The lowest BCUT2D eigenvalue weighted by Crippen LogP contribution is -2.41. The van der Waals surface area contributed by atoms with E-state index in [4.69, 9.17) is 0 Å². The topological polar surface area (TPSA) is 23.6 Å². The van der Waals surface area contributed by atoms with Crippen LogP contribution in [0.4, 0.5) is 0 Å². The van der Waals surface area contributed by atoms with Gasteiger partial charge in [-0.25, -0.2) is 0 Å². The molecule has 2 aromatic carbocycles. The number of carbonyl (C=O) groups is 1. The van der Waals surface area contributed by atoms with Crippen LogP contribution in [0.3, 0.4) is 0 Å². The molecular formula is C26H32N2O. The zero-order valence-corrected chi connectivity index (χ0v) is 17.4. The smallest absolute Gasteiger partial charge is 0.253 e. The van der Waals surface area contributed by atoms with Crippen molar-refractivity contribution in [3.63, 3.8) is 0 Å². The predicted molar refractivity (Wildman–Crippen MR) is 117 cm³/mol. The van der Waals surface area contributed by atoms with E-state index in [1.54, 1.807) is 11.1 Å². The Bertz CT molecular complexity index is 850. The third-order valence-corrected chi connectivity index (χ3v) is 7.43. The molecule has 1 saturated heterocycles. The van der Waals surface area contributed by atoms with E-state index >= 15 is 0 Å². The molecule has 1 aliphatic carbocycles. The van der Waals surface area contributed by atoms with Gasteiger partial charge >= 0.3 is 0 Å². The molecule has 0 bridgehead atoms. The predicted octanol–water partition coefficient (Wildman–Crippen LogP) is 4.66. The van der Waals surface area contributed by atoms with Crippen molar-refractivity contribution in [3.8, 4) is 0 Å². The van der Waals surface area contributed by atoms with E-state index in [-0.39, 0.29) is 5.91 Å². The fraction of sp³-hybridized carbons (Fsp3) is 0.500. The summed E-state index contributed by atoms with van der Waals surface area (Å²) in [5, 5.41) is 0. The van der Waals surface area contributed by atoms with Crippen LogP contribution in [0.5, 0.6) is 0 Å². The van der Waals surface area contributed by atoms with Gasteiger partial charge in [-0.2, -0.15) is 0 Å². The molecule has 0 aromatic heterocycles. The first-order valence-corrected chi connectivity index (χ1v) is 11.5. The van der Waals surface area contributed by atoms with Gasteiger partial charge < -0.3 is 4.90 Å². The zero-order valence-electron chi connectivity index (χ0n) is 17.4. The molecule has 1 amide bonds. The van der Waals surface area contributed by atoms with Gasteiger partial charge in [-0.15, -0.1) is 0 Å². The minimum atomic E-state index is 0.182. The van der Waals surface area contributed by atoms with Gasteiger partial charge in [0.2, 0.25) is 0 Å².